The number of aromatic nitrogens is 2. The van der Waals surface area contributed by atoms with Crippen molar-refractivity contribution < 1.29 is 9.47 Å². The second-order valence-electron chi connectivity index (χ2n) is 6.36. The summed E-state index contributed by atoms with van der Waals surface area (Å²) in [6.07, 6.45) is 2.34. The van der Waals surface area contributed by atoms with E-state index in [9.17, 15) is 0 Å². The normalized spacial score (nSPS) is 17.9. The average Bonchev–Trinajstić information content (AvgIpc) is 3.28. The molecule has 2 aromatic carbocycles. The van der Waals surface area contributed by atoms with E-state index in [2.05, 4.69) is 22.0 Å². The number of aromatic amines is 1. The van der Waals surface area contributed by atoms with E-state index in [0.717, 1.165) is 47.9 Å². The number of para-hydroxylation sites is 2. The molecule has 2 heterocycles. The number of hydrogen-bond acceptors (Lipinski definition) is 4. The van der Waals surface area contributed by atoms with Crippen molar-refractivity contribution in [2.75, 3.05) is 26.8 Å². The molecule has 5 heteroatoms. The number of nitrogens with zero attached hydrogens (tertiary/aromatic N) is 2. The first-order chi connectivity index (χ1) is 12.3. The quantitative estimate of drug-likeness (QED) is 0.743. The molecule has 1 N–H and O–H groups in total. The van der Waals surface area contributed by atoms with Gasteiger partial charge in [0.2, 0.25) is 0 Å². The predicted octanol–water partition coefficient (Wildman–Crippen LogP) is 3.79. The number of fused-ring (bicyclic) bond motifs is 1. The van der Waals surface area contributed by atoms with Crippen molar-refractivity contribution in [3.8, 4) is 11.5 Å². The first-order valence-electron chi connectivity index (χ1n) is 8.79. The molecule has 1 fully saturated rings. The molecule has 0 spiro atoms. The van der Waals surface area contributed by atoms with Crippen LogP contribution in [0, 0.1) is 0 Å². The summed E-state index contributed by atoms with van der Waals surface area (Å²) in [6.45, 7) is 2.66. The molecule has 1 unspecified atom stereocenters. The van der Waals surface area contributed by atoms with Crippen LogP contribution in [-0.2, 0) is 0 Å². The molecule has 0 amide bonds. The van der Waals surface area contributed by atoms with Gasteiger partial charge < -0.3 is 14.5 Å². The molecule has 5 nitrogen and oxygen atoms in total. The van der Waals surface area contributed by atoms with Gasteiger partial charge in [-0.05, 0) is 55.8 Å². The fourth-order valence-corrected chi connectivity index (χ4v) is 3.49. The Morgan fingerprint density at radius 1 is 1.12 bits per heavy atom. The number of nitrogens with one attached hydrogen (secondary N) is 1. The largest absolute Gasteiger partial charge is 0.497 e. The molecule has 0 saturated carbocycles. The van der Waals surface area contributed by atoms with Gasteiger partial charge in [0.1, 0.15) is 23.9 Å². The molecular weight excluding hydrogens is 314 g/mol. The van der Waals surface area contributed by atoms with Crippen molar-refractivity contribution in [1.29, 1.82) is 0 Å². The van der Waals surface area contributed by atoms with E-state index in [-0.39, 0.29) is 0 Å². The minimum atomic E-state index is 0.354. The maximum Gasteiger partial charge on any atom is 0.124 e. The minimum Gasteiger partial charge on any atom is -0.497 e. The number of rotatable bonds is 6. The number of benzene rings is 2. The van der Waals surface area contributed by atoms with E-state index >= 15 is 0 Å². The molecule has 0 radical (unpaired) electrons. The smallest absolute Gasteiger partial charge is 0.124 e. The zero-order valence-electron chi connectivity index (χ0n) is 14.4. The van der Waals surface area contributed by atoms with Crippen LogP contribution in [0.15, 0.2) is 48.5 Å². The van der Waals surface area contributed by atoms with Crippen LogP contribution in [0.5, 0.6) is 11.5 Å². The van der Waals surface area contributed by atoms with Crippen molar-refractivity contribution >= 4 is 11.0 Å². The monoisotopic (exact) mass is 337 g/mol. The van der Waals surface area contributed by atoms with Crippen LogP contribution in [0.25, 0.3) is 11.0 Å². The summed E-state index contributed by atoms with van der Waals surface area (Å²) in [5, 5.41) is 0. The van der Waals surface area contributed by atoms with E-state index in [1.54, 1.807) is 7.11 Å². The highest BCUT2D eigenvalue weighted by atomic mass is 16.5. The van der Waals surface area contributed by atoms with Gasteiger partial charge in [-0.3, -0.25) is 4.90 Å². The van der Waals surface area contributed by atoms with Crippen molar-refractivity contribution in [2.45, 2.75) is 18.9 Å². The number of hydrogen-bond donors (Lipinski definition) is 1. The summed E-state index contributed by atoms with van der Waals surface area (Å²) >= 11 is 0. The third-order valence-electron chi connectivity index (χ3n) is 4.79. The number of imidazole rings is 1. The summed E-state index contributed by atoms with van der Waals surface area (Å²) in [5.74, 6) is 2.79. The molecule has 1 aliphatic heterocycles. The predicted molar refractivity (Wildman–Crippen MR) is 98.1 cm³/mol. The van der Waals surface area contributed by atoms with Gasteiger partial charge in [-0.1, -0.05) is 12.1 Å². The molecule has 1 aromatic heterocycles. The van der Waals surface area contributed by atoms with Gasteiger partial charge in [0.25, 0.3) is 0 Å². The van der Waals surface area contributed by atoms with Gasteiger partial charge in [-0.25, -0.2) is 4.98 Å². The molecule has 1 saturated heterocycles. The Labute approximate surface area is 147 Å². The molecule has 130 valence electrons. The van der Waals surface area contributed by atoms with Crippen LogP contribution in [0.1, 0.15) is 24.7 Å². The Morgan fingerprint density at radius 2 is 1.92 bits per heavy atom. The number of ether oxygens (including phenoxy) is 2. The summed E-state index contributed by atoms with van der Waals surface area (Å²) in [7, 11) is 1.67. The highest BCUT2D eigenvalue weighted by Crippen LogP contribution is 2.31. The van der Waals surface area contributed by atoms with Crippen molar-refractivity contribution in [3.05, 3.63) is 54.4 Å². The van der Waals surface area contributed by atoms with Gasteiger partial charge in [-0.2, -0.15) is 0 Å². The molecule has 3 aromatic rings. The third kappa shape index (κ3) is 3.46. The Morgan fingerprint density at radius 3 is 2.72 bits per heavy atom. The second kappa shape index (κ2) is 7.15. The lowest BCUT2D eigenvalue weighted by molar-refractivity contribution is 0.193. The van der Waals surface area contributed by atoms with Crippen molar-refractivity contribution in [3.63, 3.8) is 0 Å². The topological polar surface area (TPSA) is 50.4 Å². The Kier molecular flexibility index (Phi) is 4.57. The maximum atomic E-state index is 5.88. The molecule has 0 bridgehead atoms. The number of likely N-dealkylation sites (tertiary alicyclic amines) is 1. The highest BCUT2D eigenvalue weighted by molar-refractivity contribution is 5.74. The molecule has 4 rings (SSSR count). The summed E-state index contributed by atoms with van der Waals surface area (Å²) < 4.78 is 11.1. The Bertz CT molecular complexity index is 795. The number of methoxy groups -OCH3 is 1. The van der Waals surface area contributed by atoms with E-state index in [1.165, 1.54) is 6.42 Å². The Balaban J connectivity index is 1.37. The van der Waals surface area contributed by atoms with Gasteiger partial charge >= 0.3 is 0 Å². The molecule has 1 aliphatic rings. The lowest BCUT2D eigenvalue weighted by Crippen LogP contribution is -2.28. The lowest BCUT2D eigenvalue weighted by Gasteiger charge is -2.22. The fourth-order valence-electron chi connectivity index (χ4n) is 3.49. The average molecular weight is 337 g/mol. The van der Waals surface area contributed by atoms with Crippen LogP contribution >= 0.6 is 0 Å². The van der Waals surface area contributed by atoms with E-state index in [4.69, 9.17) is 14.5 Å². The van der Waals surface area contributed by atoms with Crippen molar-refractivity contribution in [2.24, 2.45) is 0 Å². The van der Waals surface area contributed by atoms with Crippen molar-refractivity contribution in [1.82, 2.24) is 14.9 Å². The van der Waals surface area contributed by atoms with Gasteiger partial charge in [0.15, 0.2) is 0 Å². The van der Waals surface area contributed by atoms with Crippen LogP contribution in [0.4, 0.5) is 0 Å². The molecule has 0 aliphatic carbocycles. The zero-order valence-corrected chi connectivity index (χ0v) is 14.4. The fraction of sp³-hybridized carbons (Fsp3) is 0.350. The summed E-state index contributed by atoms with van der Waals surface area (Å²) in [5.41, 5.74) is 2.15. The minimum absolute atomic E-state index is 0.354. The molecular formula is C20H23N3O2. The van der Waals surface area contributed by atoms with Gasteiger partial charge in [0.05, 0.1) is 24.2 Å². The van der Waals surface area contributed by atoms with Crippen LogP contribution in [0.3, 0.4) is 0 Å². The first-order valence-corrected chi connectivity index (χ1v) is 8.79. The lowest BCUT2D eigenvalue weighted by atomic mass is 10.2. The Hall–Kier alpha value is -2.53. The molecule has 1 atom stereocenters. The second-order valence-corrected chi connectivity index (χ2v) is 6.36. The molecule has 25 heavy (non-hydrogen) atoms. The van der Waals surface area contributed by atoms with Crippen LogP contribution < -0.4 is 9.47 Å². The summed E-state index contributed by atoms with van der Waals surface area (Å²) in [4.78, 5) is 10.7. The van der Waals surface area contributed by atoms with Gasteiger partial charge in [-0.15, -0.1) is 0 Å². The third-order valence-corrected chi connectivity index (χ3v) is 4.79. The zero-order chi connectivity index (χ0) is 17.1. The first kappa shape index (κ1) is 16.0. The van der Waals surface area contributed by atoms with Gasteiger partial charge in [0, 0.05) is 6.54 Å². The maximum absolute atomic E-state index is 5.88. The van der Waals surface area contributed by atoms with E-state index < -0.39 is 0 Å². The standard InChI is InChI=1S/C20H23N3O2/c1-24-15-8-10-16(11-9-15)25-14-13-23-12-4-7-19(23)20-21-17-5-2-3-6-18(17)22-20/h2-3,5-6,8-11,19H,4,7,12-14H2,1H3,(H,21,22). The van der Waals surface area contributed by atoms with E-state index in [0.29, 0.717) is 12.6 Å². The van der Waals surface area contributed by atoms with E-state index in [1.807, 2.05) is 36.4 Å². The summed E-state index contributed by atoms with van der Waals surface area (Å²) in [6, 6.07) is 16.3. The van der Waals surface area contributed by atoms with Crippen LogP contribution in [0.2, 0.25) is 0 Å². The highest BCUT2D eigenvalue weighted by Gasteiger charge is 2.28. The van der Waals surface area contributed by atoms with Crippen LogP contribution in [-0.4, -0.2) is 41.7 Å². The SMILES string of the molecule is COc1ccc(OCCN2CCCC2c2nc3ccccc3[nH]2)cc1. The number of H-pyrrole nitrogens is 1.